The Morgan fingerprint density at radius 1 is 1.25 bits per heavy atom. The normalized spacial score (nSPS) is 18.1. The second kappa shape index (κ2) is 9.57. The fourth-order valence-electron chi connectivity index (χ4n) is 2.64. The largest absolute Gasteiger partial charge is 0.459 e. The minimum absolute atomic E-state index is 0.197. The molecule has 0 atom stereocenters. The molecule has 0 aromatic carbocycles. The molecular formula is C18H34N4O2. The molecule has 0 aliphatic carbocycles. The van der Waals surface area contributed by atoms with Crippen LogP contribution < -0.4 is 16.8 Å². The lowest BCUT2D eigenvalue weighted by Gasteiger charge is -2.35. The first kappa shape index (κ1) is 20.4. The standard InChI is InChI=1S/C18H34N4O2/c1-12(2)11-21-15-6-8-22(9-7-15)17(20)16(10-14(5)19)18(23)24-13(3)4/h10,12-13,15,21H,6-9,11,19-20H2,1-5H3/b14-10-,17-16-. The van der Waals surface area contributed by atoms with E-state index in [2.05, 4.69) is 19.2 Å². The molecule has 1 aliphatic heterocycles. The van der Waals surface area contributed by atoms with E-state index in [1.54, 1.807) is 13.0 Å². The quantitative estimate of drug-likeness (QED) is 0.371. The van der Waals surface area contributed by atoms with Crippen LogP contribution in [0.5, 0.6) is 0 Å². The highest BCUT2D eigenvalue weighted by Crippen LogP contribution is 2.18. The van der Waals surface area contributed by atoms with Crippen molar-refractivity contribution in [2.75, 3.05) is 19.6 Å². The molecule has 0 spiro atoms. The van der Waals surface area contributed by atoms with Crippen LogP contribution >= 0.6 is 0 Å². The summed E-state index contributed by atoms with van der Waals surface area (Å²) in [6.45, 7) is 12.4. The summed E-state index contributed by atoms with van der Waals surface area (Å²) in [5, 5.41) is 3.58. The van der Waals surface area contributed by atoms with Gasteiger partial charge in [0.05, 0.1) is 6.10 Å². The van der Waals surface area contributed by atoms with Crippen LogP contribution in [0.3, 0.4) is 0 Å². The zero-order valence-electron chi connectivity index (χ0n) is 15.8. The fraction of sp³-hybridized carbons (Fsp3) is 0.722. The number of carbonyl (C=O) groups excluding carboxylic acids is 1. The summed E-state index contributed by atoms with van der Waals surface area (Å²) in [4.78, 5) is 14.4. The number of likely N-dealkylation sites (tertiary alicyclic amines) is 1. The van der Waals surface area contributed by atoms with Gasteiger partial charge in [-0.1, -0.05) is 13.8 Å². The average molecular weight is 338 g/mol. The van der Waals surface area contributed by atoms with Crippen LogP contribution in [0.25, 0.3) is 0 Å². The fourth-order valence-corrected chi connectivity index (χ4v) is 2.64. The Morgan fingerprint density at radius 2 is 1.83 bits per heavy atom. The average Bonchev–Trinajstić information content (AvgIpc) is 2.49. The lowest BCUT2D eigenvalue weighted by atomic mass is 10.0. The highest BCUT2D eigenvalue weighted by molar-refractivity contribution is 5.92. The van der Waals surface area contributed by atoms with Crippen LogP contribution in [0.1, 0.15) is 47.5 Å². The minimum atomic E-state index is -0.424. The lowest BCUT2D eigenvalue weighted by Crippen LogP contribution is -2.45. The predicted molar refractivity (Wildman–Crippen MR) is 97.8 cm³/mol. The molecule has 5 N–H and O–H groups in total. The second-order valence-electron chi connectivity index (χ2n) is 7.20. The summed E-state index contributed by atoms with van der Waals surface area (Å²) >= 11 is 0. The lowest BCUT2D eigenvalue weighted by molar-refractivity contribution is -0.142. The molecule has 0 aromatic rings. The van der Waals surface area contributed by atoms with Crippen LogP contribution in [-0.2, 0) is 9.53 Å². The zero-order valence-corrected chi connectivity index (χ0v) is 15.8. The Bertz CT molecular complexity index is 471. The van der Waals surface area contributed by atoms with Crippen molar-refractivity contribution in [2.24, 2.45) is 17.4 Å². The number of nitrogens with two attached hydrogens (primary N) is 2. The van der Waals surface area contributed by atoms with Gasteiger partial charge in [-0.3, -0.25) is 0 Å². The van der Waals surface area contributed by atoms with Crippen LogP contribution in [0.15, 0.2) is 23.2 Å². The molecule has 1 heterocycles. The van der Waals surface area contributed by atoms with Gasteiger partial charge in [0.25, 0.3) is 0 Å². The molecule has 1 fully saturated rings. The predicted octanol–water partition coefficient (Wildman–Crippen LogP) is 1.68. The van der Waals surface area contributed by atoms with Crippen LogP contribution in [0, 0.1) is 5.92 Å². The van der Waals surface area contributed by atoms with E-state index in [0.29, 0.717) is 29.1 Å². The Hall–Kier alpha value is -1.69. The number of carbonyl (C=O) groups is 1. The second-order valence-corrected chi connectivity index (χ2v) is 7.20. The molecule has 0 amide bonds. The number of rotatable bonds is 7. The number of hydrogen-bond donors (Lipinski definition) is 3. The first-order valence-electron chi connectivity index (χ1n) is 8.83. The molecular weight excluding hydrogens is 304 g/mol. The molecule has 0 radical (unpaired) electrons. The SMILES string of the molecule is C/C(N)=C/C(C(=O)OC(C)C)=C(\N)N1CCC(NCC(C)C)CC1. The van der Waals surface area contributed by atoms with Crippen molar-refractivity contribution in [3.63, 3.8) is 0 Å². The molecule has 1 rings (SSSR count). The maximum absolute atomic E-state index is 12.3. The Balaban J connectivity index is 2.79. The molecule has 24 heavy (non-hydrogen) atoms. The maximum Gasteiger partial charge on any atom is 0.342 e. The third-order valence-electron chi connectivity index (χ3n) is 3.86. The van der Waals surface area contributed by atoms with Crippen molar-refractivity contribution in [3.8, 4) is 0 Å². The van der Waals surface area contributed by atoms with E-state index in [4.69, 9.17) is 16.2 Å². The Kier molecular flexibility index (Phi) is 8.11. The molecule has 0 aromatic heterocycles. The van der Waals surface area contributed by atoms with Gasteiger partial charge in [0.1, 0.15) is 11.4 Å². The highest BCUT2D eigenvalue weighted by atomic mass is 16.5. The van der Waals surface area contributed by atoms with Gasteiger partial charge in [-0.15, -0.1) is 0 Å². The summed E-state index contributed by atoms with van der Waals surface area (Å²) in [6, 6.07) is 0.509. The maximum atomic E-state index is 12.3. The first-order chi connectivity index (χ1) is 11.2. The summed E-state index contributed by atoms with van der Waals surface area (Å²) in [7, 11) is 0. The van der Waals surface area contributed by atoms with Gasteiger partial charge < -0.3 is 26.4 Å². The zero-order chi connectivity index (χ0) is 18.3. The van der Waals surface area contributed by atoms with E-state index in [9.17, 15) is 4.79 Å². The van der Waals surface area contributed by atoms with Crippen molar-refractivity contribution in [3.05, 3.63) is 23.2 Å². The number of allylic oxidation sites excluding steroid dienone is 1. The van der Waals surface area contributed by atoms with Crippen molar-refractivity contribution >= 4 is 5.97 Å². The topological polar surface area (TPSA) is 93.6 Å². The molecule has 1 saturated heterocycles. The minimum Gasteiger partial charge on any atom is -0.459 e. The summed E-state index contributed by atoms with van der Waals surface area (Å²) in [5.74, 6) is 0.670. The molecule has 0 unspecified atom stereocenters. The number of piperidine rings is 1. The molecule has 138 valence electrons. The van der Waals surface area contributed by atoms with Crippen molar-refractivity contribution < 1.29 is 9.53 Å². The molecule has 6 heteroatoms. The number of hydrogen-bond acceptors (Lipinski definition) is 6. The third kappa shape index (κ3) is 6.83. The summed E-state index contributed by atoms with van der Waals surface area (Å²) in [6.07, 6.45) is 3.41. The van der Waals surface area contributed by atoms with Crippen LogP contribution in [-0.4, -0.2) is 42.6 Å². The van der Waals surface area contributed by atoms with E-state index in [0.717, 1.165) is 32.5 Å². The van der Waals surface area contributed by atoms with Crippen LogP contribution in [0.4, 0.5) is 0 Å². The summed E-state index contributed by atoms with van der Waals surface area (Å²) < 4.78 is 5.30. The molecule has 1 aliphatic rings. The van der Waals surface area contributed by atoms with Gasteiger partial charge in [0, 0.05) is 24.8 Å². The molecule has 0 saturated carbocycles. The van der Waals surface area contributed by atoms with E-state index in [-0.39, 0.29) is 6.10 Å². The van der Waals surface area contributed by atoms with Gasteiger partial charge in [0.15, 0.2) is 0 Å². The number of esters is 1. The van der Waals surface area contributed by atoms with Gasteiger partial charge in [0.2, 0.25) is 0 Å². The van der Waals surface area contributed by atoms with E-state index in [1.807, 2.05) is 18.7 Å². The summed E-state index contributed by atoms with van der Waals surface area (Å²) in [5.41, 5.74) is 12.9. The number of ether oxygens (including phenoxy) is 1. The van der Waals surface area contributed by atoms with E-state index >= 15 is 0 Å². The highest BCUT2D eigenvalue weighted by Gasteiger charge is 2.24. The Morgan fingerprint density at radius 3 is 2.29 bits per heavy atom. The monoisotopic (exact) mass is 338 g/mol. The number of nitrogens with one attached hydrogen (secondary N) is 1. The van der Waals surface area contributed by atoms with Crippen LogP contribution in [0.2, 0.25) is 0 Å². The van der Waals surface area contributed by atoms with Crippen molar-refractivity contribution in [1.29, 1.82) is 0 Å². The van der Waals surface area contributed by atoms with Gasteiger partial charge in [-0.05, 0) is 52.2 Å². The van der Waals surface area contributed by atoms with Gasteiger partial charge in [-0.25, -0.2) is 4.79 Å². The molecule has 0 bridgehead atoms. The van der Waals surface area contributed by atoms with E-state index in [1.165, 1.54) is 0 Å². The van der Waals surface area contributed by atoms with Gasteiger partial charge >= 0.3 is 5.97 Å². The van der Waals surface area contributed by atoms with Crippen molar-refractivity contribution in [1.82, 2.24) is 10.2 Å². The third-order valence-corrected chi connectivity index (χ3v) is 3.86. The number of nitrogens with zero attached hydrogens (tertiary/aromatic N) is 1. The Labute approximate surface area is 146 Å². The van der Waals surface area contributed by atoms with Gasteiger partial charge in [-0.2, -0.15) is 0 Å². The molecule has 6 nitrogen and oxygen atoms in total. The smallest absolute Gasteiger partial charge is 0.342 e. The van der Waals surface area contributed by atoms with E-state index < -0.39 is 5.97 Å². The first-order valence-corrected chi connectivity index (χ1v) is 8.83. The van der Waals surface area contributed by atoms with Crippen molar-refractivity contribution in [2.45, 2.75) is 59.6 Å².